The predicted octanol–water partition coefficient (Wildman–Crippen LogP) is 3.40. The molecular formula is C18H24ClN7O2. The number of nitrogens with zero attached hydrogens (tertiary/aromatic N) is 5. The summed E-state index contributed by atoms with van der Waals surface area (Å²) in [6.07, 6.45) is 3.65. The fourth-order valence-electron chi connectivity index (χ4n) is 4.39. The fraction of sp³-hybridized carbons (Fsp3) is 0.556. The van der Waals surface area contributed by atoms with Crippen molar-refractivity contribution in [3.63, 3.8) is 0 Å². The summed E-state index contributed by atoms with van der Waals surface area (Å²) in [5.74, 6) is 1.75. The Kier molecular flexibility index (Phi) is 5.01. The maximum Gasteiger partial charge on any atom is 0.407 e. The first-order valence-corrected chi connectivity index (χ1v) is 9.86. The van der Waals surface area contributed by atoms with Gasteiger partial charge in [0.15, 0.2) is 5.82 Å². The van der Waals surface area contributed by atoms with Crippen LogP contribution in [0.15, 0.2) is 12.1 Å². The van der Waals surface area contributed by atoms with Crippen LogP contribution >= 0.6 is 11.6 Å². The van der Waals surface area contributed by atoms with E-state index in [-0.39, 0.29) is 18.1 Å². The number of rotatable bonds is 4. The zero-order valence-corrected chi connectivity index (χ0v) is 16.6. The van der Waals surface area contributed by atoms with Gasteiger partial charge >= 0.3 is 6.09 Å². The summed E-state index contributed by atoms with van der Waals surface area (Å²) in [6.45, 7) is 1.92. The average Bonchev–Trinajstić information content (AvgIpc) is 3.04. The standard InChI is InChI=1S/C18H24ClN7O2/c1-10-6-16(24-23-10)21-15-9-14(19)20-17(22-15)25(2)13-7-11-4-3-5-12(8-13)26(11)18(27)28/h6,9,11-13H,3-5,7-8H2,1-2H3,(H,27,28)(H2,20,21,22,23,24)/t11-,12+,13+. The third kappa shape index (κ3) is 3.71. The van der Waals surface area contributed by atoms with Gasteiger partial charge in [-0.25, -0.2) is 9.78 Å². The average molecular weight is 406 g/mol. The van der Waals surface area contributed by atoms with E-state index in [4.69, 9.17) is 11.6 Å². The number of anilines is 3. The minimum absolute atomic E-state index is 0.0567. The van der Waals surface area contributed by atoms with Crippen LogP contribution < -0.4 is 10.2 Å². The zero-order chi connectivity index (χ0) is 19.8. The molecule has 0 saturated carbocycles. The van der Waals surface area contributed by atoms with Gasteiger partial charge in [0.05, 0.1) is 0 Å². The van der Waals surface area contributed by atoms with E-state index in [1.165, 1.54) is 0 Å². The Balaban J connectivity index is 1.53. The third-order valence-corrected chi connectivity index (χ3v) is 5.87. The molecule has 1 amide bonds. The third-order valence-electron chi connectivity index (χ3n) is 5.68. The maximum atomic E-state index is 11.6. The number of hydrogen-bond donors (Lipinski definition) is 3. The first-order chi connectivity index (χ1) is 13.4. The van der Waals surface area contributed by atoms with E-state index in [2.05, 4.69) is 25.5 Å². The molecule has 2 bridgehead atoms. The van der Waals surface area contributed by atoms with Crippen molar-refractivity contribution >= 4 is 35.3 Å². The highest BCUT2D eigenvalue weighted by molar-refractivity contribution is 6.29. The number of piperidine rings is 2. The van der Waals surface area contributed by atoms with Gasteiger partial charge in [0.2, 0.25) is 5.95 Å². The van der Waals surface area contributed by atoms with Crippen molar-refractivity contribution in [2.24, 2.45) is 0 Å². The highest BCUT2D eigenvalue weighted by atomic mass is 35.5. The molecule has 2 aromatic rings. The molecule has 4 heterocycles. The molecule has 2 saturated heterocycles. The summed E-state index contributed by atoms with van der Waals surface area (Å²) in [4.78, 5) is 24.3. The van der Waals surface area contributed by atoms with Gasteiger partial charge in [-0.1, -0.05) is 11.6 Å². The fourth-order valence-corrected chi connectivity index (χ4v) is 4.56. The summed E-state index contributed by atoms with van der Waals surface area (Å²) in [6, 6.07) is 3.82. The molecule has 10 heteroatoms. The molecular weight excluding hydrogens is 382 g/mol. The molecule has 0 radical (unpaired) electrons. The van der Waals surface area contributed by atoms with E-state index in [9.17, 15) is 9.90 Å². The van der Waals surface area contributed by atoms with Gasteiger partial charge in [-0.3, -0.25) is 5.10 Å². The second kappa shape index (κ2) is 7.46. The minimum Gasteiger partial charge on any atom is -0.465 e. The molecule has 2 aliphatic rings. The molecule has 0 aromatic carbocycles. The maximum absolute atomic E-state index is 11.6. The predicted molar refractivity (Wildman–Crippen MR) is 106 cm³/mol. The highest BCUT2D eigenvalue weighted by Crippen LogP contribution is 2.36. The van der Waals surface area contributed by atoms with Crippen LogP contribution in [0.3, 0.4) is 0 Å². The van der Waals surface area contributed by atoms with Gasteiger partial charge in [-0.05, 0) is 39.0 Å². The molecule has 3 N–H and O–H groups in total. The van der Waals surface area contributed by atoms with Crippen molar-refractivity contribution in [3.05, 3.63) is 23.0 Å². The van der Waals surface area contributed by atoms with Crippen LogP contribution in [0, 0.1) is 6.92 Å². The number of carboxylic acid groups (broad SMARTS) is 1. The number of aromatic nitrogens is 4. The van der Waals surface area contributed by atoms with Crippen LogP contribution in [0.4, 0.5) is 22.4 Å². The van der Waals surface area contributed by atoms with Crippen LogP contribution in [0.25, 0.3) is 0 Å². The Hall–Kier alpha value is -2.55. The Labute approximate surface area is 168 Å². The van der Waals surface area contributed by atoms with Crippen molar-refractivity contribution in [2.45, 2.75) is 57.2 Å². The number of nitrogens with one attached hydrogen (secondary N) is 2. The zero-order valence-electron chi connectivity index (χ0n) is 15.9. The largest absolute Gasteiger partial charge is 0.465 e. The lowest BCUT2D eigenvalue weighted by Gasteiger charge is -2.49. The first kappa shape index (κ1) is 18.8. The quantitative estimate of drug-likeness (QED) is 0.668. The molecule has 3 atom stereocenters. The smallest absolute Gasteiger partial charge is 0.407 e. The van der Waals surface area contributed by atoms with Crippen molar-refractivity contribution in [1.82, 2.24) is 25.1 Å². The topological polar surface area (TPSA) is 110 Å². The van der Waals surface area contributed by atoms with E-state index < -0.39 is 6.09 Å². The van der Waals surface area contributed by atoms with Crippen LogP contribution in [0.1, 0.15) is 37.8 Å². The molecule has 2 fully saturated rings. The van der Waals surface area contributed by atoms with E-state index >= 15 is 0 Å². The van der Waals surface area contributed by atoms with Crippen molar-refractivity contribution in [3.8, 4) is 0 Å². The van der Waals surface area contributed by atoms with E-state index in [1.54, 1.807) is 11.0 Å². The van der Waals surface area contributed by atoms with Gasteiger partial charge in [0.25, 0.3) is 0 Å². The number of aromatic amines is 1. The number of fused-ring (bicyclic) bond motifs is 2. The van der Waals surface area contributed by atoms with Crippen LogP contribution in [-0.4, -0.2) is 61.4 Å². The van der Waals surface area contributed by atoms with Gasteiger partial charge in [0, 0.05) is 43.0 Å². The Morgan fingerprint density at radius 1 is 1.29 bits per heavy atom. The van der Waals surface area contributed by atoms with Crippen molar-refractivity contribution in [2.75, 3.05) is 17.3 Å². The summed E-state index contributed by atoms with van der Waals surface area (Å²) < 4.78 is 0. The van der Waals surface area contributed by atoms with Gasteiger partial charge in [-0.15, -0.1) is 0 Å². The lowest BCUT2D eigenvalue weighted by Crippen LogP contribution is -2.58. The number of H-pyrrole nitrogens is 1. The lowest BCUT2D eigenvalue weighted by molar-refractivity contribution is 0.0351. The summed E-state index contributed by atoms with van der Waals surface area (Å²) >= 11 is 6.23. The second-order valence-electron chi connectivity index (χ2n) is 7.60. The first-order valence-electron chi connectivity index (χ1n) is 9.48. The number of halogens is 1. The van der Waals surface area contributed by atoms with Crippen LogP contribution in [0.2, 0.25) is 5.15 Å². The van der Waals surface area contributed by atoms with Gasteiger partial charge in [-0.2, -0.15) is 10.1 Å². The van der Waals surface area contributed by atoms with Crippen molar-refractivity contribution in [1.29, 1.82) is 0 Å². The number of amides is 1. The van der Waals surface area contributed by atoms with Crippen molar-refractivity contribution < 1.29 is 9.90 Å². The molecule has 2 aliphatic heterocycles. The Morgan fingerprint density at radius 3 is 2.61 bits per heavy atom. The van der Waals surface area contributed by atoms with Crippen LogP contribution in [0.5, 0.6) is 0 Å². The molecule has 0 unspecified atom stereocenters. The summed E-state index contributed by atoms with van der Waals surface area (Å²) in [5, 5.41) is 20.1. The molecule has 28 heavy (non-hydrogen) atoms. The number of carbonyl (C=O) groups is 1. The van der Waals surface area contributed by atoms with Gasteiger partial charge in [0.1, 0.15) is 11.0 Å². The number of aryl methyl sites for hydroxylation is 1. The molecule has 9 nitrogen and oxygen atoms in total. The minimum atomic E-state index is -0.810. The normalized spacial score (nSPS) is 24.1. The Morgan fingerprint density at radius 2 is 2.00 bits per heavy atom. The van der Waals surface area contributed by atoms with E-state index in [0.29, 0.717) is 22.7 Å². The Bertz CT molecular complexity index is 859. The lowest BCUT2D eigenvalue weighted by atomic mass is 9.81. The second-order valence-corrected chi connectivity index (χ2v) is 7.99. The molecule has 4 rings (SSSR count). The van der Waals surface area contributed by atoms with E-state index in [0.717, 1.165) is 37.8 Å². The van der Waals surface area contributed by atoms with Crippen LogP contribution in [-0.2, 0) is 0 Å². The number of hydrogen-bond acceptors (Lipinski definition) is 6. The summed E-state index contributed by atoms with van der Waals surface area (Å²) in [5.41, 5.74) is 0.941. The molecule has 0 aliphatic carbocycles. The molecule has 2 aromatic heterocycles. The van der Waals surface area contributed by atoms with E-state index in [1.807, 2.05) is 24.9 Å². The van der Waals surface area contributed by atoms with Gasteiger partial charge < -0.3 is 20.2 Å². The summed E-state index contributed by atoms with van der Waals surface area (Å²) in [7, 11) is 1.95. The SMILES string of the molecule is Cc1cc(Nc2cc(Cl)nc(N(C)[C@H]3C[C@H]4CCC[C@@H](C3)N4C(=O)O)n2)n[nH]1. The highest BCUT2D eigenvalue weighted by Gasteiger charge is 2.42. The monoisotopic (exact) mass is 405 g/mol. The molecule has 0 spiro atoms. The molecule has 150 valence electrons.